The van der Waals surface area contributed by atoms with Crippen LogP contribution in [0.15, 0.2) is 24.3 Å². The Bertz CT molecular complexity index is 549. The number of nitrogens with one attached hydrogen (secondary N) is 1. The van der Waals surface area contributed by atoms with Gasteiger partial charge in [-0.1, -0.05) is 24.3 Å². The summed E-state index contributed by atoms with van der Waals surface area (Å²) in [4.78, 5) is 10.7. The van der Waals surface area contributed by atoms with Gasteiger partial charge in [0.15, 0.2) is 0 Å². The molecule has 1 aliphatic carbocycles. The minimum Gasteiger partial charge on any atom is -0.481 e. The van der Waals surface area contributed by atoms with Crippen LogP contribution in [0.4, 0.5) is 0 Å². The summed E-state index contributed by atoms with van der Waals surface area (Å²) >= 11 is 0. The molecule has 0 saturated heterocycles. The largest absolute Gasteiger partial charge is 0.481 e. The molecule has 0 atom stereocenters. The van der Waals surface area contributed by atoms with Gasteiger partial charge < -0.3 is 5.11 Å². The molecule has 0 aliphatic heterocycles. The van der Waals surface area contributed by atoms with Gasteiger partial charge in [-0.3, -0.25) is 4.79 Å². The van der Waals surface area contributed by atoms with E-state index < -0.39 is 16.0 Å². The van der Waals surface area contributed by atoms with Gasteiger partial charge in [-0.2, -0.15) is 0 Å². The van der Waals surface area contributed by atoms with E-state index >= 15 is 0 Å². The zero-order valence-electron chi connectivity index (χ0n) is 9.80. The number of sulfonamides is 1. The first kappa shape index (κ1) is 13.0. The summed E-state index contributed by atoms with van der Waals surface area (Å²) in [6, 6.07) is 6.96. The molecule has 1 aliphatic rings. The van der Waals surface area contributed by atoms with Gasteiger partial charge in [0.2, 0.25) is 10.0 Å². The molecule has 18 heavy (non-hydrogen) atoms. The molecule has 0 radical (unpaired) electrons. The van der Waals surface area contributed by atoms with Crippen LogP contribution in [-0.4, -0.2) is 24.7 Å². The van der Waals surface area contributed by atoms with Crippen LogP contribution in [0.3, 0.4) is 0 Å². The minimum atomic E-state index is -3.23. The molecule has 0 spiro atoms. The maximum absolute atomic E-state index is 11.7. The predicted molar refractivity (Wildman–Crippen MR) is 66.6 cm³/mol. The Labute approximate surface area is 106 Å². The first-order chi connectivity index (χ1) is 8.49. The molecule has 0 bridgehead atoms. The molecule has 2 rings (SSSR count). The number of carboxylic acid groups (broad SMARTS) is 1. The number of aliphatic carboxylic acids is 1. The third kappa shape index (κ3) is 3.30. The van der Waals surface area contributed by atoms with Crippen LogP contribution in [-0.2, 0) is 27.8 Å². The van der Waals surface area contributed by atoms with Crippen molar-refractivity contribution in [3.63, 3.8) is 0 Å². The zero-order chi connectivity index (χ0) is 13.2. The average Bonchev–Trinajstić information content (AvgIpc) is 3.11. The van der Waals surface area contributed by atoms with Gasteiger partial charge >= 0.3 is 5.97 Å². The van der Waals surface area contributed by atoms with Gasteiger partial charge in [-0.15, -0.1) is 0 Å². The molecule has 0 aromatic heterocycles. The Morgan fingerprint density at radius 1 is 1.28 bits per heavy atom. The van der Waals surface area contributed by atoms with Crippen molar-refractivity contribution < 1.29 is 18.3 Å². The van der Waals surface area contributed by atoms with Crippen molar-refractivity contribution in [3.8, 4) is 0 Å². The highest BCUT2D eigenvalue weighted by molar-refractivity contribution is 7.90. The second kappa shape index (κ2) is 5.07. The summed E-state index contributed by atoms with van der Waals surface area (Å²) in [5, 5.41) is 8.52. The van der Waals surface area contributed by atoms with Crippen molar-refractivity contribution in [2.45, 2.75) is 31.1 Å². The first-order valence-electron chi connectivity index (χ1n) is 5.76. The number of carboxylic acids is 1. The van der Waals surface area contributed by atoms with Crippen molar-refractivity contribution in [2.75, 3.05) is 0 Å². The molecule has 1 fully saturated rings. The van der Waals surface area contributed by atoms with Gasteiger partial charge in [0.1, 0.15) is 0 Å². The van der Waals surface area contributed by atoms with Crippen molar-refractivity contribution >= 4 is 16.0 Å². The lowest BCUT2D eigenvalue weighted by Gasteiger charge is -2.09. The number of hydrogen-bond acceptors (Lipinski definition) is 3. The fraction of sp³-hybridized carbons (Fsp3) is 0.417. The third-order valence-corrected chi connectivity index (χ3v) is 4.78. The van der Waals surface area contributed by atoms with Crippen LogP contribution in [0.1, 0.15) is 24.0 Å². The monoisotopic (exact) mass is 269 g/mol. The van der Waals surface area contributed by atoms with Crippen LogP contribution in [0, 0.1) is 0 Å². The Hall–Kier alpha value is -1.40. The first-order valence-corrected chi connectivity index (χ1v) is 7.31. The third-order valence-electron chi connectivity index (χ3n) is 2.89. The van der Waals surface area contributed by atoms with E-state index in [9.17, 15) is 13.2 Å². The zero-order valence-corrected chi connectivity index (χ0v) is 10.6. The Balaban J connectivity index is 2.06. The van der Waals surface area contributed by atoms with Crippen LogP contribution >= 0.6 is 0 Å². The number of hydrogen-bond donors (Lipinski definition) is 2. The fourth-order valence-corrected chi connectivity index (χ4v) is 3.09. The van der Waals surface area contributed by atoms with Gasteiger partial charge in [0, 0.05) is 6.54 Å². The van der Waals surface area contributed by atoms with Crippen molar-refractivity contribution in [3.05, 3.63) is 35.4 Å². The molecule has 5 nitrogen and oxygen atoms in total. The topological polar surface area (TPSA) is 83.5 Å². The number of rotatable bonds is 6. The van der Waals surface area contributed by atoms with E-state index in [1.165, 1.54) is 0 Å². The van der Waals surface area contributed by atoms with Crippen molar-refractivity contribution in [1.29, 1.82) is 0 Å². The summed E-state index contributed by atoms with van der Waals surface area (Å²) in [7, 11) is -3.23. The van der Waals surface area contributed by atoms with E-state index in [0.717, 1.165) is 0 Å². The summed E-state index contributed by atoms with van der Waals surface area (Å²) in [5.74, 6) is -0.924. The van der Waals surface area contributed by atoms with Crippen molar-refractivity contribution in [2.24, 2.45) is 0 Å². The lowest BCUT2D eigenvalue weighted by atomic mass is 10.1. The SMILES string of the molecule is O=C(O)Cc1ccccc1CNS(=O)(=O)C1CC1. The summed E-state index contributed by atoms with van der Waals surface area (Å²) in [5.41, 5.74) is 1.35. The highest BCUT2D eigenvalue weighted by atomic mass is 32.2. The fourth-order valence-electron chi connectivity index (χ4n) is 1.74. The standard InChI is InChI=1S/C12H15NO4S/c14-12(15)7-9-3-1-2-4-10(9)8-13-18(16,17)11-5-6-11/h1-4,11,13H,5-8H2,(H,14,15). The molecule has 2 N–H and O–H groups in total. The van der Waals surface area contributed by atoms with Crippen LogP contribution < -0.4 is 4.72 Å². The maximum atomic E-state index is 11.7. The summed E-state index contributed by atoms with van der Waals surface area (Å²) < 4.78 is 25.9. The normalized spacial score (nSPS) is 15.6. The Kier molecular flexibility index (Phi) is 3.68. The van der Waals surface area contributed by atoms with E-state index in [1.807, 2.05) is 0 Å². The molecule has 1 aromatic carbocycles. The van der Waals surface area contributed by atoms with Crippen molar-refractivity contribution in [1.82, 2.24) is 4.72 Å². The molecular weight excluding hydrogens is 254 g/mol. The van der Waals surface area contributed by atoms with E-state index in [2.05, 4.69) is 4.72 Å². The molecule has 0 amide bonds. The number of carbonyl (C=O) groups is 1. The van der Waals surface area contributed by atoms with E-state index in [0.29, 0.717) is 24.0 Å². The van der Waals surface area contributed by atoms with Gasteiger partial charge in [0.05, 0.1) is 11.7 Å². The molecule has 0 heterocycles. The molecule has 6 heteroatoms. The smallest absolute Gasteiger partial charge is 0.307 e. The molecule has 98 valence electrons. The van der Waals surface area contributed by atoms with Gasteiger partial charge in [-0.25, -0.2) is 13.1 Å². The predicted octanol–water partition coefficient (Wildman–Crippen LogP) is 0.895. The molecule has 0 unspecified atom stereocenters. The lowest BCUT2D eigenvalue weighted by molar-refractivity contribution is -0.136. The maximum Gasteiger partial charge on any atom is 0.307 e. The van der Waals surface area contributed by atoms with Gasteiger partial charge in [0.25, 0.3) is 0 Å². The Morgan fingerprint density at radius 3 is 2.44 bits per heavy atom. The minimum absolute atomic E-state index is 0.0959. The molecule has 1 saturated carbocycles. The average molecular weight is 269 g/mol. The second-order valence-electron chi connectivity index (χ2n) is 4.40. The van der Waals surface area contributed by atoms with Crippen LogP contribution in [0.2, 0.25) is 0 Å². The Morgan fingerprint density at radius 2 is 1.89 bits per heavy atom. The second-order valence-corrected chi connectivity index (χ2v) is 6.45. The van der Waals surface area contributed by atoms with Crippen LogP contribution in [0.5, 0.6) is 0 Å². The van der Waals surface area contributed by atoms with Crippen LogP contribution in [0.25, 0.3) is 0 Å². The number of benzene rings is 1. The highest BCUT2D eigenvalue weighted by Gasteiger charge is 2.35. The van der Waals surface area contributed by atoms with Gasteiger partial charge in [-0.05, 0) is 24.0 Å². The summed E-state index contributed by atoms with van der Waals surface area (Å²) in [6.45, 7) is 0.155. The molecular formula is C12H15NO4S. The van der Waals surface area contributed by atoms with E-state index in [1.54, 1.807) is 24.3 Å². The van der Waals surface area contributed by atoms with E-state index in [4.69, 9.17) is 5.11 Å². The van der Waals surface area contributed by atoms with E-state index in [-0.39, 0.29) is 18.2 Å². The quantitative estimate of drug-likeness (QED) is 0.803. The highest BCUT2D eigenvalue weighted by Crippen LogP contribution is 2.27. The molecule has 1 aromatic rings. The lowest BCUT2D eigenvalue weighted by Crippen LogP contribution is -2.27. The summed E-state index contributed by atoms with van der Waals surface area (Å²) in [6.07, 6.45) is 1.33.